The van der Waals surface area contributed by atoms with Crippen molar-refractivity contribution in [3.05, 3.63) is 36.3 Å². The first-order valence-electron chi connectivity index (χ1n) is 10.0. The van der Waals surface area contributed by atoms with E-state index in [2.05, 4.69) is 20.2 Å². The Morgan fingerprint density at radius 3 is 2.68 bits per heavy atom. The zero-order chi connectivity index (χ0) is 19.3. The molecular weight excluding hydrogens is 352 g/mol. The molecule has 7 nitrogen and oxygen atoms in total. The van der Waals surface area contributed by atoms with E-state index in [1.165, 1.54) is 25.3 Å². The number of fused-ring (bicyclic) bond motifs is 1. The Kier molecular flexibility index (Phi) is 5.83. The number of allylic oxidation sites excluding steroid dienone is 1. The summed E-state index contributed by atoms with van der Waals surface area (Å²) in [6.45, 7) is 3.85. The quantitative estimate of drug-likeness (QED) is 0.690. The zero-order valence-electron chi connectivity index (χ0n) is 16.1. The van der Waals surface area contributed by atoms with E-state index in [0.717, 1.165) is 61.4 Å². The molecule has 0 atom stereocenters. The lowest BCUT2D eigenvalue weighted by Crippen LogP contribution is -2.46. The van der Waals surface area contributed by atoms with Gasteiger partial charge < -0.3 is 21.2 Å². The minimum atomic E-state index is 0.423. The summed E-state index contributed by atoms with van der Waals surface area (Å²) >= 11 is 0. The molecule has 2 aromatic rings. The minimum absolute atomic E-state index is 0.423. The van der Waals surface area contributed by atoms with Crippen molar-refractivity contribution >= 4 is 28.5 Å². The van der Waals surface area contributed by atoms with Crippen LogP contribution in [0.4, 0.5) is 5.82 Å². The second kappa shape index (κ2) is 8.67. The van der Waals surface area contributed by atoms with Gasteiger partial charge in [0.25, 0.3) is 0 Å². The molecule has 0 unspecified atom stereocenters. The van der Waals surface area contributed by atoms with Crippen LogP contribution < -0.4 is 11.1 Å². The summed E-state index contributed by atoms with van der Waals surface area (Å²) in [7, 11) is 0. The maximum absolute atomic E-state index is 7.54. The summed E-state index contributed by atoms with van der Waals surface area (Å²) in [4.78, 5) is 11.5. The van der Waals surface area contributed by atoms with Crippen molar-refractivity contribution in [3.63, 3.8) is 0 Å². The number of nitrogens with zero attached hydrogens (tertiary/aromatic N) is 3. The number of ether oxygens (including phenoxy) is 1. The summed E-state index contributed by atoms with van der Waals surface area (Å²) in [6.07, 6.45) is 9.03. The van der Waals surface area contributed by atoms with E-state index >= 15 is 0 Å². The summed E-state index contributed by atoms with van der Waals surface area (Å²) in [6, 6.07) is 7.02. The summed E-state index contributed by atoms with van der Waals surface area (Å²) in [5.74, 6) is 0.864. The molecule has 1 aromatic heterocycles. The van der Waals surface area contributed by atoms with Crippen molar-refractivity contribution in [1.29, 1.82) is 5.41 Å². The van der Waals surface area contributed by atoms with Crippen LogP contribution >= 0.6 is 0 Å². The average Bonchev–Trinajstić information content (AvgIpc) is 2.76. The molecule has 1 saturated heterocycles. The summed E-state index contributed by atoms with van der Waals surface area (Å²) in [5.41, 5.74) is 8.13. The van der Waals surface area contributed by atoms with Gasteiger partial charge in [-0.2, -0.15) is 0 Å². The molecule has 2 heterocycles. The second-order valence-corrected chi connectivity index (χ2v) is 7.52. The topological polar surface area (TPSA) is 100 Å². The molecule has 0 radical (unpaired) electrons. The van der Waals surface area contributed by atoms with Crippen LogP contribution in [-0.4, -0.2) is 59.5 Å². The van der Waals surface area contributed by atoms with Crippen LogP contribution in [0.1, 0.15) is 31.2 Å². The van der Waals surface area contributed by atoms with Gasteiger partial charge in [-0.05, 0) is 43.4 Å². The molecule has 0 amide bonds. The van der Waals surface area contributed by atoms with Gasteiger partial charge in [0, 0.05) is 48.5 Å². The second-order valence-electron chi connectivity index (χ2n) is 7.52. The largest absolute Gasteiger partial charge is 0.404 e. The number of aromatic nitrogens is 2. The number of nitrogens with one attached hydrogen (secondary N) is 2. The first-order valence-corrected chi connectivity index (χ1v) is 10.0. The lowest BCUT2D eigenvalue weighted by molar-refractivity contribution is 0.00791. The highest BCUT2D eigenvalue weighted by molar-refractivity contribution is 6.09. The SMILES string of the molecule is N=C/C(=C\N)c1ccc2ncnc(N[C@H]3CC[C@H](N4CCOCC4)CC3)c2c1. The Labute approximate surface area is 165 Å². The van der Waals surface area contributed by atoms with E-state index in [0.29, 0.717) is 17.7 Å². The van der Waals surface area contributed by atoms with Gasteiger partial charge in [-0.1, -0.05) is 6.07 Å². The fraction of sp³-hybridized carbons (Fsp3) is 0.476. The van der Waals surface area contributed by atoms with E-state index in [-0.39, 0.29) is 0 Å². The maximum Gasteiger partial charge on any atom is 0.137 e. The molecule has 1 aromatic carbocycles. The molecule has 4 N–H and O–H groups in total. The first kappa shape index (κ1) is 18.8. The Hall–Kier alpha value is -2.51. The van der Waals surface area contributed by atoms with Gasteiger partial charge in [0.05, 0.1) is 18.7 Å². The van der Waals surface area contributed by atoms with Crippen molar-refractivity contribution in [3.8, 4) is 0 Å². The molecule has 4 rings (SSSR count). The Bertz CT molecular complexity index is 853. The Morgan fingerprint density at radius 2 is 1.96 bits per heavy atom. The van der Waals surface area contributed by atoms with Crippen molar-refractivity contribution in [1.82, 2.24) is 14.9 Å². The predicted octanol–water partition coefficient (Wildman–Crippen LogP) is 2.63. The van der Waals surface area contributed by atoms with Crippen LogP contribution in [-0.2, 0) is 4.74 Å². The lowest BCUT2D eigenvalue weighted by atomic mass is 9.90. The fourth-order valence-electron chi connectivity index (χ4n) is 4.30. The van der Waals surface area contributed by atoms with Crippen LogP contribution in [0.15, 0.2) is 30.7 Å². The lowest BCUT2D eigenvalue weighted by Gasteiger charge is -2.39. The normalized spacial score (nSPS) is 24.2. The smallest absolute Gasteiger partial charge is 0.137 e. The maximum atomic E-state index is 7.54. The first-order chi connectivity index (χ1) is 13.8. The number of rotatable bonds is 5. The fourth-order valence-corrected chi connectivity index (χ4v) is 4.30. The molecule has 1 aliphatic carbocycles. The molecule has 2 fully saturated rings. The number of anilines is 1. The number of benzene rings is 1. The third-order valence-electron chi connectivity index (χ3n) is 5.90. The minimum Gasteiger partial charge on any atom is -0.404 e. The standard InChI is InChI=1S/C21H28N6O/c22-12-16(13-23)15-1-6-20-19(11-15)21(25-14-24-20)26-17-2-4-18(5-3-17)27-7-9-28-10-8-27/h1,6,11-14,17-18,22H,2-5,7-10,23H2,(H,24,25,26)/b16-13+,22-12?/t17-,18-. The summed E-state index contributed by atoms with van der Waals surface area (Å²) in [5, 5.41) is 12.2. The van der Waals surface area contributed by atoms with Gasteiger partial charge in [-0.15, -0.1) is 0 Å². The summed E-state index contributed by atoms with van der Waals surface area (Å²) < 4.78 is 5.48. The zero-order valence-corrected chi connectivity index (χ0v) is 16.1. The van der Waals surface area contributed by atoms with E-state index in [1.54, 1.807) is 6.33 Å². The molecule has 2 aliphatic rings. The van der Waals surface area contributed by atoms with Crippen LogP contribution in [0.3, 0.4) is 0 Å². The number of nitrogens with two attached hydrogens (primary N) is 1. The van der Waals surface area contributed by atoms with Crippen LogP contribution in [0, 0.1) is 5.41 Å². The third-order valence-corrected chi connectivity index (χ3v) is 5.90. The van der Waals surface area contributed by atoms with Crippen molar-refractivity contribution in [2.45, 2.75) is 37.8 Å². The monoisotopic (exact) mass is 380 g/mol. The van der Waals surface area contributed by atoms with Crippen LogP contribution in [0.25, 0.3) is 16.5 Å². The van der Waals surface area contributed by atoms with Gasteiger partial charge in [0.15, 0.2) is 0 Å². The highest BCUT2D eigenvalue weighted by Crippen LogP contribution is 2.29. The Balaban J connectivity index is 1.47. The molecule has 0 spiro atoms. The van der Waals surface area contributed by atoms with Gasteiger partial charge in [-0.3, -0.25) is 4.90 Å². The van der Waals surface area contributed by atoms with Crippen molar-refractivity contribution in [2.24, 2.45) is 5.73 Å². The van der Waals surface area contributed by atoms with Gasteiger partial charge in [0.1, 0.15) is 12.1 Å². The van der Waals surface area contributed by atoms with E-state index in [9.17, 15) is 0 Å². The molecule has 148 valence electrons. The van der Waals surface area contributed by atoms with Gasteiger partial charge in [-0.25, -0.2) is 9.97 Å². The number of hydrogen-bond donors (Lipinski definition) is 3. The predicted molar refractivity (Wildman–Crippen MR) is 113 cm³/mol. The highest BCUT2D eigenvalue weighted by atomic mass is 16.5. The van der Waals surface area contributed by atoms with Gasteiger partial charge in [0.2, 0.25) is 0 Å². The van der Waals surface area contributed by atoms with Crippen molar-refractivity contribution in [2.75, 3.05) is 31.6 Å². The van der Waals surface area contributed by atoms with Crippen LogP contribution in [0.2, 0.25) is 0 Å². The highest BCUT2D eigenvalue weighted by Gasteiger charge is 2.27. The molecule has 7 heteroatoms. The van der Waals surface area contributed by atoms with Crippen LogP contribution in [0.5, 0.6) is 0 Å². The van der Waals surface area contributed by atoms with Crippen molar-refractivity contribution < 1.29 is 4.74 Å². The van der Waals surface area contributed by atoms with Gasteiger partial charge >= 0.3 is 0 Å². The third kappa shape index (κ3) is 4.00. The number of hydrogen-bond acceptors (Lipinski definition) is 7. The molecule has 1 aliphatic heterocycles. The number of morpholine rings is 1. The Morgan fingerprint density at radius 1 is 1.18 bits per heavy atom. The molecule has 0 bridgehead atoms. The van der Waals surface area contributed by atoms with E-state index < -0.39 is 0 Å². The molecular formula is C21H28N6O. The average molecular weight is 380 g/mol. The molecule has 28 heavy (non-hydrogen) atoms. The molecule has 1 saturated carbocycles. The van der Waals surface area contributed by atoms with E-state index in [1.807, 2.05) is 18.2 Å². The van der Waals surface area contributed by atoms with E-state index in [4.69, 9.17) is 15.9 Å².